The van der Waals surface area contributed by atoms with Gasteiger partial charge in [0.2, 0.25) is 6.41 Å². The molecule has 1 saturated carbocycles. The summed E-state index contributed by atoms with van der Waals surface area (Å²) in [5.41, 5.74) is 2.45. The zero-order valence-electron chi connectivity index (χ0n) is 16.9. The molecule has 29 heavy (non-hydrogen) atoms. The Balaban J connectivity index is 1.32. The van der Waals surface area contributed by atoms with Crippen LogP contribution in [0.1, 0.15) is 30.6 Å². The molecular formula is C22H29N3O2S2. The Morgan fingerprint density at radius 2 is 2.10 bits per heavy atom. The van der Waals surface area contributed by atoms with E-state index < -0.39 is 0 Å². The number of fused-ring (bicyclic) bond motifs is 3. The summed E-state index contributed by atoms with van der Waals surface area (Å²) in [5.74, 6) is 1.76. The fourth-order valence-electron chi connectivity index (χ4n) is 4.28. The molecule has 0 spiro atoms. The molecule has 0 radical (unpaired) electrons. The van der Waals surface area contributed by atoms with Crippen LogP contribution in [0.2, 0.25) is 0 Å². The third-order valence-corrected chi connectivity index (χ3v) is 8.09. The topological polar surface area (TPSA) is 54.5 Å². The maximum Gasteiger partial charge on any atom is 0.210 e. The molecule has 0 atom stereocenters. The summed E-state index contributed by atoms with van der Waals surface area (Å²) >= 11 is 3.75. The SMILES string of the molecule is COCCN(C=O)[C@H]1CC[C@H](CNc2nc3c(s2)CCSc2ccccc2-3)CC1. The van der Waals surface area contributed by atoms with Gasteiger partial charge in [0.15, 0.2) is 5.13 Å². The van der Waals surface area contributed by atoms with Gasteiger partial charge in [-0.1, -0.05) is 18.2 Å². The molecule has 2 aliphatic rings. The number of ether oxygens (including phenoxy) is 1. The molecule has 0 bridgehead atoms. The van der Waals surface area contributed by atoms with Gasteiger partial charge in [0.1, 0.15) is 0 Å². The lowest BCUT2D eigenvalue weighted by molar-refractivity contribution is -0.121. The number of nitrogens with zero attached hydrogens (tertiary/aromatic N) is 2. The molecule has 156 valence electrons. The highest BCUT2D eigenvalue weighted by Crippen LogP contribution is 2.40. The van der Waals surface area contributed by atoms with Crippen LogP contribution in [-0.2, 0) is 16.0 Å². The van der Waals surface area contributed by atoms with Crippen LogP contribution in [0.25, 0.3) is 11.3 Å². The van der Waals surface area contributed by atoms with E-state index in [-0.39, 0.29) is 0 Å². The number of hydrogen-bond acceptors (Lipinski definition) is 6. The van der Waals surface area contributed by atoms with E-state index in [0.717, 1.165) is 55.9 Å². The summed E-state index contributed by atoms with van der Waals surface area (Å²) < 4.78 is 5.12. The van der Waals surface area contributed by atoms with Crippen molar-refractivity contribution < 1.29 is 9.53 Å². The zero-order valence-corrected chi connectivity index (χ0v) is 18.6. The molecule has 1 aromatic heterocycles. The van der Waals surface area contributed by atoms with Gasteiger partial charge in [-0.2, -0.15) is 0 Å². The molecule has 1 N–H and O–H groups in total. The van der Waals surface area contributed by atoms with E-state index >= 15 is 0 Å². The van der Waals surface area contributed by atoms with E-state index in [2.05, 4.69) is 29.6 Å². The largest absolute Gasteiger partial charge is 0.383 e. The molecule has 0 unspecified atom stereocenters. The molecule has 1 aliphatic carbocycles. The average Bonchev–Trinajstić information content (AvgIpc) is 3.09. The third-order valence-electron chi connectivity index (χ3n) is 5.94. The lowest BCUT2D eigenvalue weighted by Gasteiger charge is -2.34. The van der Waals surface area contributed by atoms with E-state index in [0.29, 0.717) is 25.1 Å². The fraction of sp³-hybridized carbons (Fsp3) is 0.545. The highest BCUT2D eigenvalue weighted by Gasteiger charge is 2.25. The van der Waals surface area contributed by atoms with Crippen LogP contribution in [0.3, 0.4) is 0 Å². The first-order valence-electron chi connectivity index (χ1n) is 10.4. The summed E-state index contributed by atoms with van der Waals surface area (Å²) in [6.45, 7) is 2.27. The fourth-order valence-corrected chi connectivity index (χ4v) is 6.41. The van der Waals surface area contributed by atoms with Gasteiger partial charge >= 0.3 is 0 Å². The van der Waals surface area contributed by atoms with Gasteiger partial charge in [-0.05, 0) is 44.1 Å². The van der Waals surface area contributed by atoms with E-state index in [1.165, 1.54) is 21.0 Å². The monoisotopic (exact) mass is 431 g/mol. The van der Waals surface area contributed by atoms with E-state index in [1.807, 2.05) is 28.0 Å². The predicted octanol–water partition coefficient (Wildman–Crippen LogP) is 4.53. The average molecular weight is 432 g/mol. The molecule has 1 amide bonds. The number of methoxy groups -OCH3 is 1. The number of thioether (sulfide) groups is 1. The second kappa shape index (κ2) is 9.96. The van der Waals surface area contributed by atoms with Gasteiger partial charge in [0.05, 0.1) is 12.3 Å². The number of amides is 1. The Bertz CT molecular complexity index is 818. The Hall–Kier alpha value is -1.57. The molecular weight excluding hydrogens is 402 g/mol. The van der Waals surface area contributed by atoms with Gasteiger partial charge < -0.3 is 15.0 Å². The molecule has 5 nitrogen and oxygen atoms in total. The van der Waals surface area contributed by atoms with Crippen LogP contribution in [0.5, 0.6) is 0 Å². The zero-order chi connectivity index (χ0) is 20.1. The van der Waals surface area contributed by atoms with E-state index in [9.17, 15) is 4.79 Å². The molecule has 1 fully saturated rings. The van der Waals surface area contributed by atoms with Crippen molar-refractivity contribution >= 4 is 34.6 Å². The lowest BCUT2D eigenvalue weighted by Crippen LogP contribution is -2.39. The summed E-state index contributed by atoms with van der Waals surface area (Å²) in [6.07, 6.45) is 6.53. The number of benzene rings is 1. The van der Waals surface area contributed by atoms with Crippen molar-refractivity contribution in [2.24, 2.45) is 5.92 Å². The minimum Gasteiger partial charge on any atom is -0.383 e. The van der Waals surface area contributed by atoms with E-state index in [4.69, 9.17) is 9.72 Å². The number of aryl methyl sites for hydroxylation is 1. The smallest absolute Gasteiger partial charge is 0.210 e. The number of aromatic nitrogens is 1. The maximum absolute atomic E-state index is 11.4. The highest BCUT2D eigenvalue weighted by atomic mass is 32.2. The first kappa shape index (κ1) is 20.7. The van der Waals surface area contributed by atoms with Gasteiger partial charge in [0, 0.05) is 47.3 Å². The Labute approximate surface area is 181 Å². The number of anilines is 1. The Morgan fingerprint density at radius 3 is 2.90 bits per heavy atom. The molecule has 2 heterocycles. The van der Waals surface area contributed by atoms with Crippen LogP contribution >= 0.6 is 23.1 Å². The molecule has 1 aromatic carbocycles. The number of rotatable bonds is 8. The Morgan fingerprint density at radius 1 is 1.28 bits per heavy atom. The molecule has 0 saturated heterocycles. The van der Waals surface area contributed by atoms with Crippen molar-refractivity contribution in [2.45, 2.75) is 43.0 Å². The predicted molar refractivity (Wildman–Crippen MR) is 121 cm³/mol. The van der Waals surface area contributed by atoms with Crippen molar-refractivity contribution in [3.63, 3.8) is 0 Å². The number of carbonyl (C=O) groups excluding carboxylic acids is 1. The number of carbonyl (C=O) groups is 1. The van der Waals surface area contributed by atoms with Crippen molar-refractivity contribution in [3.05, 3.63) is 29.1 Å². The van der Waals surface area contributed by atoms with Crippen LogP contribution in [0, 0.1) is 5.92 Å². The summed E-state index contributed by atoms with van der Waals surface area (Å²) in [7, 11) is 1.68. The van der Waals surface area contributed by atoms with Gasteiger partial charge in [-0.25, -0.2) is 4.98 Å². The van der Waals surface area contributed by atoms with Crippen molar-refractivity contribution in [1.82, 2.24) is 9.88 Å². The summed E-state index contributed by atoms with van der Waals surface area (Å²) in [5, 5.41) is 4.66. The molecule has 4 rings (SSSR count). The molecule has 7 heteroatoms. The number of hydrogen-bond donors (Lipinski definition) is 1. The van der Waals surface area contributed by atoms with E-state index in [1.54, 1.807) is 7.11 Å². The number of thiazole rings is 1. The van der Waals surface area contributed by atoms with Crippen LogP contribution in [0.4, 0.5) is 5.13 Å². The van der Waals surface area contributed by atoms with Crippen molar-refractivity contribution in [3.8, 4) is 11.3 Å². The number of nitrogens with one attached hydrogen (secondary N) is 1. The second-order valence-corrected chi connectivity index (χ2v) is 10.00. The van der Waals surface area contributed by atoms with Crippen LogP contribution in [0.15, 0.2) is 29.2 Å². The third kappa shape index (κ3) is 4.95. The van der Waals surface area contributed by atoms with Crippen molar-refractivity contribution in [1.29, 1.82) is 0 Å². The quantitative estimate of drug-likeness (QED) is 0.622. The standard InChI is InChI=1S/C22H29N3O2S2/c1-27-12-11-25(15-26)17-8-6-16(7-9-17)14-23-22-24-21-18-4-2-3-5-19(18)28-13-10-20(21)29-22/h2-5,15-17H,6-14H2,1H3,(H,23,24)/t16-,17-. The second-order valence-electron chi connectivity index (χ2n) is 7.78. The highest BCUT2D eigenvalue weighted by molar-refractivity contribution is 7.99. The first-order chi connectivity index (χ1) is 14.3. The molecule has 2 aromatic rings. The van der Waals surface area contributed by atoms with Crippen LogP contribution in [-0.4, -0.2) is 54.9 Å². The maximum atomic E-state index is 11.4. The normalized spacial score (nSPS) is 21.0. The minimum atomic E-state index is 0.365. The summed E-state index contributed by atoms with van der Waals surface area (Å²) in [4.78, 5) is 21.0. The van der Waals surface area contributed by atoms with Gasteiger partial charge in [-0.3, -0.25) is 4.79 Å². The lowest BCUT2D eigenvalue weighted by atomic mass is 9.85. The van der Waals surface area contributed by atoms with Crippen LogP contribution < -0.4 is 5.32 Å². The Kier molecular flexibility index (Phi) is 7.11. The van der Waals surface area contributed by atoms with Crippen molar-refractivity contribution in [2.75, 3.05) is 37.9 Å². The molecule has 1 aliphatic heterocycles. The minimum absolute atomic E-state index is 0.365. The summed E-state index contributed by atoms with van der Waals surface area (Å²) in [6, 6.07) is 8.98. The van der Waals surface area contributed by atoms with Gasteiger partial charge in [-0.15, -0.1) is 23.1 Å². The van der Waals surface area contributed by atoms with Gasteiger partial charge in [0.25, 0.3) is 0 Å². The first-order valence-corrected chi connectivity index (χ1v) is 12.2.